The van der Waals surface area contributed by atoms with Crippen LogP contribution >= 0.6 is 0 Å². The molecular weight excluding hydrogens is 304 g/mol. The minimum atomic E-state index is 0.154. The maximum absolute atomic E-state index is 12.5. The van der Waals surface area contributed by atoms with E-state index in [-0.39, 0.29) is 11.7 Å². The highest BCUT2D eigenvalue weighted by Gasteiger charge is 2.29. The molecule has 6 nitrogen and oxygen atoms in total. The Hall–Kier alpha value is -2.34. The zero-order chi connectivity index (χ0) is 16.5. The second kappa shape index (κ2) is 6.28. The Kier molecular flexibility index (Phi) is 3.98. The standard InChI is InChI=1S/C18H22N4O2/c23-14-1-2-15-16(11-14)20-6-4-17(15)21-7-9-22(10-8-21)18(24)13-3-5-19-12-13/h1-2,4,6,11,13,19,23H,3,5,7-10,12H2/t13-/m0/s1. The van der Waals surface area contributed by atoms with Crippen LogP contribution in [0.4, 0.5) is 5.69 Å². The third-order valence-corrected chi connectivity index (χ3v) is 5.04. The molecule has 0 unspecified atom stereocenters. The highest BCUT2D eigenvalue weighted by Crippen LogP contribution is 2.28. The van der Waals surface area contributed by atoms with Crippen LogP contribution in [0.2, 0.25) is 0 Å². The molecule has 6 heteroatoms. The molecule has 0 bridgehead atoms. The minimum Gasteiger partial charge on any atom is -0.508 e. The number of hydrogen-bond donors (Lipinski definition) is 2. The van der Waals surface area contributed by atoms with Crippen molar-refractivity contribution in [3.8, 4) is 5.75 Å². The molecule has 126 valence electrons. The van der Waals surface area contributed by atoms with Crippen LogP contribution in [0.15, 0.2) is 30.5 Å². The Bertz CT molecular complexity index is 750. The number of rotatable bonds is 2. The average molecular weight is 326 g/mol. The van der Waals surface area contributed by atoms with Crippen LogP contribution in [0, 0.1) is 5.92 Å². The lowest BCUT2D eigenvalue weighted by molar-refractivity contribution is -0.135. The van der Waals surface area contributed by atoms with Crippen LogP contribution in [0.5, 0.6) is 5.75 Å². The number of amides is 1. The third-order valence-electron chi connectivity index (χ3n) is 5.04. The summed E-state index contributed by atoms with van der Waals surface area (Å²) in [7, 11) is 0. The number of phenols is 1. The Labute approximate surface area is 141 Å². The number of aromatic nitrogens is 1. The van der Waals surface area contributed by atoms with Crippen LogP contribution in [0.1, 0.15) is 6.42 Å². The Balaban J connectivity index is 1.49. The van der Waals surface area contributed by atoms with Crippen molar-refractivity contribution in [2.45, 2.75) is 6.42 Å². The van der Waals surface area contributed by atoms with Crippen molar-refractivity contribution >= 4 is 22.5 Å². The summed E-state index contributed by atoms with van der Waals surface area (Å²) in [6.45, 7) is 4.94. The first-order valence-corrected chi connectivity index (χ1v) is 8.54. The number of nitrogens with one attached hydrogen (secondary N) is 1. The summed E-state index contributed by atoms with van der Waals surface area (Å²) in [6, 6.07) is 7.30. The monoisotopic (exact) mass is 326 g/mol. The van der Waals surface area contributed by atoms with Gasteiger partial charge in [0.1, 0.15) is 5.75 Å². The van der Waals surface area contributed by atoms with E-state index in [1.54, 1.807) is 18.3 Å². The fourth-order valence-electron chi connectivity index (χ4n) is 3.69. The second-order valence-corrected chi connectivity index (χ2v) is 6.53. The lowest BCUT2D eigenvalue weighted by atomic mass is 10.1. The van der Waals surface area contributed by atoms with Crippen molar-refractivity contribution in [2.75, 3.05) is 44.2 Å². The minimum absolute atomic E-state index is 0.154. The van der Waals surface area contributed by atoms with Crippen LogP contribution < -0.4 is 10.2 Å². The molecule has 1 aromatic carbocycles. The molecule has 2 fully saturated rings. The van der Waals surface area contributed by atoms with Gasteiger partial charge in [-0.3, -0.25) is 9.78 Å². The molecule has 2 saturated heterocycles. The normalized spacial score (nSPS) is 21.4. The quantitative estimate of drug-likeness (QED) is 0.868. The number of anilines is 1. The zero-order valence-corrected chi connectivity index (χ0v) is 13.6. The maximum atomic E-state index is 12.5. The molecule has 0 aliphatic carbocycles. The third kappa shape index (κ3) is 2.78. The molecule has 2 aliphatic heterocycles. The van der Waals surface area contributed by atoms with E-state index in [0.717, 1.165) is 62.3 Å². The molecule has 0 radical (unpaired) electrons. The lowest BCUT2D eigenvalue weighted by Gasteiger charge is -2.37. The van der Waals surface area contributed by atoms with Crippen molar-refractivity contribution in [3.05, 3.63) is 30.5 Å². The van der Waals surface area contributed by atoms with E-state index in [4.69, 9.17) is 0 Å². The molecule has 0 spiro atoms. The fraction of sp³-hybridized carbons (Fsp3) is 0.444. The summed E-state index contributed by atoms with van der Waals surface area (Å²) in [5.74, 6) is 0.679. The summed E-state index contributed by atoms with van der Waals surface area (Å²) in [5.41, 5.74) is 1.91. The van der Waals surface area contributed by atoms with E-state index >= 15 is 0 Å². The van der Waals surface area contributed by atoms with E-state index in [9.17, 15) is 9.90 Å². The molecule has 1 amide bonds. The van der Waals surface area contributed by atoms with Crippen LogP contribution in [-0.4, -0.2) is 60.2 Å². The molecule has 24 heavy (non-hydrogen) atoms. The fourth-order valence-corrected chi connectivity index (χ4v) is 3.69. The van der Waals surface area contributed by atoms with Gasteiger partial charge in [0.25, 0.3) is 0 Å². The number of carbonyl (C=O) groups excluding carboxylic acids is 1. The van der Waals surface area contributed by atoms with Gasteiger partial charge >= 0.3 is 0 Å². The van der Waals surface area contributed by atoms with Gasteiger partial charge in [-0.05, 0) is 31.2 Å². The molecule has 2 N–H and O–H groups in total. The Morgan fingerprint density at radius 2 is 2.04 bits per heavy atom. The highest BCUT2D eigenvalue weighted by molar-refractivity contribution is 5.92. The predicted molar refractivity (Wildman–Crippen MR) is 93.2 cm³/mol. The smallest absolute Gasteiger partial charge is 0.227 e. The number of aromatic hydroxyl groups is 1. The van der Waals surface area contributed by atoms with Crippen molar-refractivity contribution in [1.29, 1.82) is 0 Å². The number of fused-ring (bicyclic) bond motifs is 1. The maximum Gasteiger partial charge on any atom is 0.227 e. The van der Waals surface area contributed by atoms with Crippen molar-refractivity contribution in [3.63, 3.8) is 0 Å². The number of hydrogen-bond acceptors (Lipinski definition) is 5. The molecule has 0 saturated carbocycles. The van der Waals surface area contributed by atoms with E-state index < -0.39 is 0 Å². The number of piperazine rings is 1. The van der Waals surface area contributed by atoms with E-state index in [0.29, 0.717) is 5.91 Å². The number of benzene rings is 1. The summed E-state index contributed by atoms with van der Waals surface area (Å²) >= 11 is 0. The summed E-state index contributed by atoms with van der Waals surface area (Å²) in [4.78, 5) is 21.2. The number of pyridine rings is 1. The first-order valence-electron chi connectivity index (χ1n) is 8.54. The Morgan fingerprint density at radius 1 is 1.21 bits per heavy atom. The van der Waals surface area contributed by atoms with Crippen LogP contribution in [0.3, 0.4) is 0 Å². The largest absolute Gasteiger partial charge is 0.508 e. The van der Waals surface area contributed by atoms with Gasteiger partial charge in [0.15, 0.2) is 0 Å². The van der Waals surface area contributed by atoms with E-state index in [2.05, 4.69) is 15.2 Å². The van der Waals surface area contributed by atoms with Gasteiger partial charge in [-0.25, -0.2) is 0 Å². The SMILES string of the molecule is O=C([C@H]1CCNC1)N1CCN(c2ccnc3cc(O)ccc23)CC1. The van der Waals surface area contributed by atoms with Gasteiger partial charge in [-0.15, -0.1) is 0 Å². The summed E-state index contributed by atoms with van der Waals surface area (Å²) < 4.78 is 0. The van der Waals surface area contributed by atoms with Crippen LogP contribution in [-0.2, 0) is 4.79 Å². The van der Waals surface area contributed by atoms with Gasteiger partial charge in [-0.1, -0.05) is 0 Å². The topological polar surface area (TPSA) is 68.7 Å². The van der Waals surface area contributed by atoms with Gasteiger partial charge in [0.2, 0.25) is 5.91 Å². The number of carbonyl (C=O) groups is 1. The second-order valence-electron chi connectivity index (χ2n) is 6.53. The Morgan fingerprint density at radius 3 is 2.79 bits per heavy atom. The molecule has 2 aliphatic rings. The first-order chi connectivity index (χ1) is 11.7. The summed E-state index contributed by atoms with van der Waals surface area (Å²) in [6.07, 6.45) is 2.73. The molecule has 1 atom stereocenters. The van der Waals surface area contributed by atoms with Gasteiger partial charge in [-0.2, -0.15) is 0 Å². The van der Waals surface area contributed by atoms with Gasteiger partial charge < -0.3 is 20.2 Å². The lowest BCUT2D eigenvalue weighted by Crippen LogP contribution is -2.50. The molecular formula is C18H22N4O2. The summed E-state index contributed by atoms with van der Waals surface area (Å²) in [5, 5.41) is 13.9. The van der Waals surface area contributed by atoms with Crippen LogP contribution in [0.25, 0.3) is 10.9 Å². The van der Waals surface area contributed by atoms with Crippen molar-refractivity contribution < 1.29 is 9.90 Å². The first kappa shape index (κ1) is 15.2. The molecule has 4 rings (SSSR count). The molecule has 3 heterocycles. The number of phenolic OH excluding ortho intramolecular Hbond substituents is 1. The average Bonchev–Trinajstić information content (AvgIpc) is 3.15. The molecule has 1 aromatic heterocycles. The van der Waals surface area contributed by atoms with Gasteiger partial charge in [0.05, 0.1) is 11.4 Å². The highest BCUT2D eigenvalue weighted by atomic mass is 16.3. The zero-order valence-electron chi connectivity index (χ0n) is 13.6. The predicted octanol–water partition coefficient (Wildman–Crippen LogP) is 1.20. The van der Waals surface area contributed by atoms with Gasteiger partial charge in [0, 0.05) is 56.1 Å². The van der Waals surface area contributed by atoms with E-state index in [1.807, 2.05) is 17.0 Å². The number of nitrogens with zero attached hydrogens (tertiary/aromatic N) is 3. The van der Waals surface area contributed by atoms with Crippen molar-refractivity contribution in [1.82, 2.24) is 15.2 Å². The molecule has 2 aromatic rings. The van der Waals surface area contributed by atoms with Crippen molar-refractivity contribution in [2.24, 2.45) is 5.92 Å². The van der Waals surface area contributed by atoms with E-state index in [1.165, 1.54) is 0 Å².